The number of nitrogens with two attached hydrogens (primary N) is 1. The van der Waals surface area contributed by atoms with E-state index in [0.717, 1.165) is 25.3 Å². The third-order valence-corrected chi connectivity index (χ3v) is 4.50. The van der Waals surface area contributed by atoms with Gasteiger partial charge in [0.25, 0.3) is 0 Å². The molecule has 0 unspecified atom stereocenters. The number of halogens is 2. The zero-order chi connectivity index (χ0) is 14.8. The molecule has 0 aliphatic heterocycles. The van der Waals surface area contributed by atoms with Crippen molar-refractivity contribution in [1.82, 2.24) is 0 Å². The molecular formula is C14H16ClFN2OS. The van der Waals surface area contributed by atoms with Gasteiger partial charge in [-0.25, -0.2) is 4.39 Å². The maximum absolute atomic E-state index is 13.0. The van der Waals surface area contributed by atoms with Crippen molar-refractivity contribution < 1.29 is 9.18 Å². The standard InChI is InChI=1S/C14H16ClFN2OS/c15-10-8-9(16)4-5-11(10)18-13(19)14(12(17)20)6-2-1-3-7-14/h4-5,8H,1-3,6-7H2,(H2,17,20)(H,18,19). The van der Waals surface area contributed by atoms with Crippen LogP contribution in [-0.4, -0.2) is 10.9 Å². The van der Waals surface area contributed by atoms with Crippen LogP contribution in [0.1, 0.15) is 32.1 Å². The molecule has 1 aromatic rings. The first-order chi connectivity index (χ1) is 9.45. The predicted octanol–water partition coefficient (Wildman–Crippen LogP) is 3.65. The molecule has 0 bridgehead atoms. The van der Waals surface area contributed by atoms with Gasteiger partial charge in [-0.2, -0.15) is 0 Å². The van der Waals surface area contributed by atoms with E-state index in [-0.39, 0.29) is 15.9 Å². The van der Waals surface area contributed by atoms with E-state index in [1.165, 1.54) is 12.1 Å². The number of carbonyl (C=O) groups is 1. The lowest BCUT2D eigenvalue weighted by atomic mass is 9.73. The molecule has 0 spiro atoms. The Balaban J connectivity index is 2.22. The zero-order valence-electron chi connectivity index (χ0n) is 10.9. The Hall–Kier alpha value is -1.20. The number of carbonyl (C=O) groups excluding carboxylic acids is 1. The summed E-state index contributed by atoms with van der Waals surface area (Å²) in [4.78, 5) is 12.8. The van der Waals surface area contributed by atoms with Crippen LogP contribution in [0, 0.1) is 11.2 Å². The van der Waals surface area contributed by atoms with Crippen LogP contribution in [0.5, 0.6) is 0 Å². The molecule has 0 radical (unpaired) electrons. The minimum Gasteiger partial charge on any atom is -0.392 e. The van der Waals surface area contributed by atoms with Gasteiger partial charge in [-0.3, -0.25) is 4.79 Å². The fourth-order valence-electron chi connectivity index (χ4n) is 2.57. The second-order valence-electron chi connectivity index (χ2n) is 5.09. The number of hydrogen-bond acceptors (Lipinski definition) is 2. The number of anilines is 1. The average Bonchev–Trinajstić information content (AvgIpc) is 2.42. The minimum absolute atomic E-state index is 0.159. The van der Waals surface area contributed by atoms with Crippen molar-refractivity contribution in [1.29, 1.82) is 0 Å². The maximum atomic E-state index is 13.0. The average molecular weight is 315 g/mol. The van der Waals surface area contributed by atoms with E-state index in [0.29, 0.717) is 18.5 Å². The lowest BCUT2D eigenvalue weighted by molar-refractivity contribution is -0.123. The van der Waals surface area contributed by atoms with E-state index in [9.17, 15) is 9.18 Å². The summed E-state index contributed by atoms with van der Waals surface area (Å²) in [5.41, 5.74) is 5.36. The van der Waals surface area contributed by atoms with Gasteiger partial charge in [0, 0.05) is 0 Å². The van der Waals surface area contributed by atoms with Crippen LogP contribution in [-0.2, 0) is 4.79 Å². The first kappa shape index (κ1) is 15.2. The van der Waals surface area contributed by atoms with Crippen LogP contribution in [0.2, 0.25) is 5.02 Å². The quantitative estimate of drug-likeness (QED) is 0.837. The van der Waals surface area contributed by atoms with Crippen LogP contribution in [0.15, 0.2) is 18.2 Å². The molecule has 0 atom stereocenters. The zero-order valence-corrected chi connectivity index (χ0v) is 12.5. The van der Waals surface area contributed by atoms with Gasteiger partial charge in [0.1, 0.15) is 5.82 Å². The number of nitrogens with one attached hydrogen (secondary N) is 1. The van der Waals surface area contributed by atoms with Gasteiger partial charge < -0.3 is 11.1 Å². The van der Waals surface area contributed by atoms with Gasteiger partial charge in [-0.1, -0.05) is 43.1 Å². The lowest BCUT2D eigenvalue weighted by Gasteiger charge is -2.34. The van der Waals surface area contributed by atoms with Crippen LogP contribution < -0.4 is 11.1 Å². The third kappa shape index (κ3) is 2.94. The Bertz CT molecular complexity index is 544. The largest absolute Gasteiger partial charge is 0.392 e. The number of rotatable bonds is 3. The van der Waals surface area contributed by atoms with E-state index in [4.69, 9.17) is 29.6 Å². The lowest BCUT2D eigenvalue weighted by Crippen LogP contribution is -2.47. The highest BCUT2D eigenvalue weighted by atomic mass is 35.5. The maximum Gasteiger partial charge on any atom is 0.237 e. The topological polar surface area (TPSA) is 55.1 Å². The van der Waals surface area contributed by atoms with Gasteiger partial charge in [-0.05, 0) is 31.0 Å². The number of thiocarbonyl (C=S) groups is 1. The van der Waals surface area contributed by atoms with Crippen molar-refractivity contribution in [3.05, 3.63) is 29.0 Å². The molecule has 1 fully saturated rings. The molecule has 0 aromatic heterocycles. The van der Waals surface area contributed by atoms with Gasteiger partial charge >= 0.3 is 0 Å². The van der Waals surface area contributed by atoms with Crippen molar-refractivity contribution in [2.45, 2.75) is 32.1 Å². The Morgan fingerprint density at radius 2 is 2.00 bits per heavy atom. The molecule has 1 aromatic carbocycles. The van der Waals surface area contributed by atoms with Crippen LogP contribution >= 0.6 is 23.8 Å². The Kier molecular flexibility index (Phi) is 4.60. The summed E-state index contributed by atoms with van der Waals surface area (Å²) < 4.78 is 13.0. The summed E-state index contributed by atoms with van der Waals surface area (Å²) >= 11 is 11.0. The van der Waals surface area contributed by atoms with Crippen LogP contribution in [0.25, 0.3) is 0 Å². The second-order valence-corrected chi connectivity index (χ2v) is 5.93. The molecule has 1 aliphatic carbocycles. The molecule has 2 rings (SSSR count). The van der Waals surface area contributed by atoms with Crippen molar-refractivity contribution in [3.8, 4) is 0 Å². The molecule has 1 amide bonds. The molecule has 0 heterocycles. The molecule has 3 N–H and O–H groups in total. The van der Waals surface area contributed by atoms with Gasteiger partial charge in [-0.15, -0.1) is 0 Å². The molecule has 20 heavy (non-hydrogen) atoms. The summed E-state index contributed by atoms with van der Waals surface area (Å²) in [5, 5.41) is 2.88. The third-order valence-electron chi connectivity index (χ3n) is 3.79. The van der Waals surface area contributed by atoms with Crippen LogP contribution in [0.4, 0.5) is 10.1 Å². The minimum atomic E-state index is -0.814. The normalized spacial score (nSPS) is 17.5. The molecule has 0 saturated heterocycles. The molecule has 1 saturated carbocycles. The second kappa shape index (κ2) is 6.06. The fourth-order valence-corrected chi connectivity index (χ4v) is 3.08. The summed E-state index contributed by atoms with van der Waals surface area (Å²) in [5.74, 6) is -0.701. The van der Waals surface area contributed by atoms with E-state index in [2.05, 4.69) is 5.32 Å². The van der Waals surface area contributed by atoms with Crippen molar-refractivity contribution >= 4 is 40.4 Å². The Labute approximate surface area is 127 Å². The molecule has 3 nitrogen and oxygen atoms in total. The fraction of sp³-hybridized carbons (Fsp3) is 0.429. The number of amides is 1. The van der Waals surface area contributed by atoms with Gasteiger partial charge in [0.15, 0.2) is 0 Å². The van der Waals surface area contributed by atoms with E-state index in [1.807, 2.05) is 0 Å². The highest BCUT2D eigenvalue weighted by molar-refractivity contribution is 7.80. The Morgan fingerprint density at radius 3 is 2.55 bits per heavy atom. The summed E-state index contributed by atoms with van der Waals surface area (Å²) in [6.07, 6.45) is 4.21. The first-order valence-electron chi connectivity index (χ1n) is 6.52. The number of benzene rings is 1. The smallest absolute Gasteiger partial charge is 0.237 e. The number of hydrogen-bond donors (Lipinski definition) is 2. The molecular weight excluding hydrogens is 299 g/mol. The summed E-state index contributed by atoms with van der Waals surface area (Å²) in [6.45, 7) is 0. The van der Waals surface area contributed by atoms with Gasteiger partial charge in [0.05, 0.1) is 21.1 Å². The van der Waals surface area contributed by atoms with E-state index >= 15 is 0 Å². The molecule has 6 heteroatoms. The Morgan fingerprint density at radius 1 is 1.35 bits per heavy atom. The SMILES string of the molecule is NC(=S)C1(C(=O)Nc2ccc(F)cc2Cl)CCCCC1. The highest BCUT2D eigenvalue weighted by Crippen LogP contribution is 2.38. The molecule has 108 valence electrons. The molecule has 1 aliphatic rings. The predicted molar refractivity (Wildman–Crippen MR) is 82.3 cm³/mol. The van der Waals surface area contributed by atoms with E-state index in [1.54, 1.807) is 0 Å². The highest BCUT2D eigenvalue weighted by Gasteiger charge is 2.42. The van der Waals surface area contributed by atoms with Crippen LogP contribution in [0.3, 0.4) is 0 Å². The first-order valence-corrected chi connectivity index (χ1v) is 7.31. The van der Waals surface area contributed by atoms with Crippen molar-refractivity contribution in [3.63, 3.8) is 0 Å². The monoisotopic (exact) mass is 314 g/mol. The summed E-state index contributed by atoms with van der Waals surface area (Å²) in [6, 6.07) is 3.84. The van der Waals surface area contributed by atoms with Crippen molar-refractivity contribution in [2.24, 2.45) is 11.1 Å². The summed E-state index contributed by atoms with van der Waals surface area (Å²) in [7, 11) is 0. The van der Waals surface area contributed by atoms with Gasteiger partial charge in [0.2, 0.25) is 5.91 Å². The van der Waals surface area contributed by atoms with Crippen molar-refractivity contribution in [2.75, 3.05) is 5.32 Å². The van der Waals surface area contributed by atoms with E-state index < -0.39 is 11.2 Å².